The van der Waals surface area contributed by atoms with Crippen molar-refractivity contribution in [2.24, 2.45) is 11.7 Å². The molecule has 5 nitrogen and oxygen atoms in total. The zero-order valence-electron chi connectivity index (χ0n) is 11.1. The van der Waals surface area contributed by atoms with Crippen molar-refractivity contribution in [2.75, 3.05) is 6.54 Å². The van der Waals surface area contributed by atoms with E-state index in [1.54, 1.807) is 6.20 Å². The molecule has 18 heavy (non-hydrogen) atoms. The molecule has 0 aromatic carbocycles. The molecule has 1 aromatic rings. The van der Waals surface area contributed by atoms with Crippen molar-refractivity contribution in [3.8, 4) is 0 Å². The normalized spacial score (nSPS) is 12.3. The molecule has 0 saturated carbocycles. The molecule has 0 aliphatic heterocycles. The predicted molar refractivity (Wildman–Crippen MR) is 71.7 cm³/mol. The number of aromatic nitrogens is 2. The zero-order valence-corrected chi connectivity index (χ0v) is 11.1. The van der Waals surface area contributed by atoms with Gasteiger partial charge in [0.15, 0.2) is 0 Å². The first-order chi connectivity index (χ1) is 8.76. The van der Waals surface area contributed by atoms with Crippen LogP contribution in [0.5, 0.6) is 0 Å². The fourth-order valence-corrected chi connectivity index (χ4v) is 2.08. The van der Waals surface area contributed by atoms with Gasteiger partial charge in [-0.1, -0.05) is 19.8 Å². The Morgan fingerprint density at radius 3 is 2.94 bits per heavy atom. The molecular weight excluding hydrogens is 228 g/mol. The quantitative estimate of drug-likeness (QED) is 0.623. The van der Waals surface area contributed by atoms with Crippen molar-refractivity contribution in [1.29, 1.82) is 0 Å². The standard InChI is InChI=1S/C13H24N4O/c1-2-3-11(6-8-14)4-5-13(18)15-10-12-7-9-16-17-12/h7,9,11H,2-6,8,10,14H2,1H3,(H,15,18)(H,16,17). The minimum atomic E-state index is 0.0997. The number of carbonyl (C=O) groups excluding carboxylic acids is 1. The number of hydrogen-bond donors (Lipinski definition) is 3. The number of hydrogen-bond acceptors (Lipinski definition) is 3. The molecule has 1 unspecified atom stereocenters. The highest BCUT2D eigenvalue weighted by Crippen LogP contribution is 2.16. The van der Waals surface area contributed by atoms with Crippen LogP contribution in [-0.2, 0) is 11.3 Å². The molecule has 0 fully saturated rings. The van der Waals surface area contributed by atoms with Crippen LogP contribution in [0.25, 0.3) is 0 Å². The Morgan fingerprint density at radius 2 is 2.33 bits per heavy atom. The van der Waals surface area contributed by atoms with Gasteiger partial charge in [-0.3, -0.25) is 9.89 Å². The number of nitrogens with zero attached hydrogens (tertiary/aromatic N) is 1. The molecule has 0 bridgehead atoms. The summed E-state index contributed by atoms with van der Waals surface area (Å²) >= 11 is 0. The Kier molecular flexibility index (Phi) is 7.10. The van der Waals surface area contributed by atoms with Crippen molar-refractivity contribution in [3.05, 3.63) is 18.0 Å². The van der Waals surface area contributed by atoms with E-state index in [9.17, 15) is 4.79 Å². The number of nitrogens with one attached hydrogen (secondary N) is 2. The Balaban J connectivity index is 2.18. The lowest BCUT2D eigenvalue weighted by Gasteiger charge is -2.14. The maximum absolute atomic E-state index is 11.7. The Bertz CT molecular complexity index is 318. The summed E-state index contributed by atoms with van der Waals surface area (Å²) in [7, 11) is 0. The average Bonchev–Trinajstić information content (AvgIpc) is 2.87. The smallest absolute Gasteiger partial charge is 0.220 e. The third-order valence-electron chi connectivity index (χ3n) is 3.09. The van der Waals surface area contributed by atoms with Gasteiger partial charge in [0.05, 0.1) is 12.2 Å². The van der Waals surface area contributed by atoms with Gasteiger partial charge >= 0.3 is 0 Å². The average molecular weight is 252 g/mol. The first kappa shape index (κ1) is 14.7. The lowest BCUT2D eigenvalue weighted by molar-refractivity contribution is -0.121. The van der Waals surface area contributed by atoms with Crippen LogP contribution in [0.4, 0.5) is 0 Å². The van der Waals surface area contributed by atoms with Gasteiger partial charge in [-0.2, -0.15) is 5.10 Å². The molecule has 1 atom stereocenters. The molecule has 0 spiro atoms. The van der Waals surface area contributed by atoms with Gasteiger partial charge in [0.2, 0.25) is 5.91 Å². The van der Waals surface area contributed by atoms with E-state index >= 15 is 0 Å². The Morgan fingerprint density at radius 1 is 1.50 bits per heavy atom. The second kappa shape index (κ2) is 8.69. The van der Waals surface area contributed by atoms with Crippen LogP contribution in [0.15, 0.2) is 12.3 Å². The molecule has 0 radical (unpaired) electrons. The van der Waals surface area contributed by atoms with Gasteiger partial charge in [-0.15, -0.1) is 0 Å². The molecule has 1 amide bonds. The molecule has 0 saturated heterocycles. The van der Waals surface area contributed by atoms with E-state index in [4.69, 9.17) is 5.73 Å². The van der Waals surface area contributed by atoms with E-state index in [2.05, 4.69) is 22.4 Å². The Hall–Kier alpha value is -1.36. The van der Waals surface area contributed by atoms with Crippen molar-refractivity contribution < 1.29 is 4.79 Å². The number of carbonyl (C=O) groups is 1. The lowest BCUT2D eigenvalue weighted by atomic mass is 9.94. The van der Waals surface area contributed by atoms with Gasteiger partial charge in [0, 0.05) is 12.6 Å². The van der Waals surface area contributed by atoms with Gasteiger partial charge < -0.3 is 11.1 Å². The number of amides is 1. The lowest BCUT2D eigenvalue weighted by Crippen LogP contribution is -2.23. The molecule has 5 heteroatoms. The molecular formula is C13H24N4O. The summed E-state index contributed by atoms with van der Waals surface area (Å²) in [6.07, 6.45) is 6.52. The van der Waals surface area contributed by atoms with Crippen LogP contribution in [0, 0.1) is 5.92 Å². The molecule has 0 aliphatic rings. The zero-order chi connectivity index (χ0) is 13.2. The third kappa shape index (κ3) is 5.82. The summed E-state index contributed by atoms with van der Waals surface area (Å²) < 4.78 is 0. The highest BCUT2D eigenvalue weighted by Gasteiger charge is 2.10. The fraction of sp³-hybridized carbons (Fsp3) is 0.692. The number of aromatic amines is 1. The van der Waals surface area contributed by atoms with E-state index in [0.29, 0.717) is 25.4 Å². The molecule has 1 heterocycles. The van der Waals surface area contributed by atoms with E-state index in [-0.39, 0.29) is 5.91 Å². The predicted octanol–water partition coefficient (Wildman–Crippen LogP) is 1.57. The van der Waals surface area contributed by atoms with E-state index < -0.39 is 0 Å². The maximum atomic E-state index is 11.7. The largest absolute Gasteiger partial charge is 0.350 e. The maximum Gasteiger partial charge on any atom is 0.220 e. The van der Waals surface area contributed by atoms with Gasteiger partial charge in [-0.05, 0) is 31.4 Å². The SMILES string of the molecule is CCCC(CCN)CCC(=O)NCc1ccn[nH]1. The van der Waals surface area contributed by atoms with Crippen LogP contribution in [-0.4, -0.2) is 22.6 Å². The van der Waals surface area contributed by atoms with Gasteiger partial charge in [0.1, 0.15) is 0 Å². The molecule has 4 N–H and O–H groups in total. The number of nitrogens with two attached hydrogens (primary N) is 1. The third-order valence-corrected chi connectivity index (χ3v) is 3.09. The van der Waals surface area contributed by atoms with Gasteiger partial charge in [-0.25, -0.2) is 0 Å². The van der Waals surface area contributed by atoms with Crippen LogP contribution < -0.4 is 11.1 Å². The minimum Gasteiger partial charge on any atom is -0.350 e. The fourth-order valence-electron chi connectivity index (χ4n) is 2.08. The molecule has 1 rings (SSSR count). The summed E-state index contributed by atoms with van der Waals surface area (Å²) in [6, 6.07) is 1.86. The van der Waals surface area contributed by atoms with Gasteiger partial charge in [0.25, 0.3) is 0 Å². The topological polar surface area (TPSA) is 83.8 Å². The van der Waals surface area contributed by atoms with E-state index in [1.807, 2.05) is 6.07 Å². The highest BCUT2D eigenvalue weighted by atomic mass is 16.1. The molecule has 0 aliphatic carbocycles. The van der Waals surface area contributed by atoms with Crippen LogP contribution in [0.2, 0.25) is 0 Å². The van der Waals surface area contributed by atoms with Crippen LogP contribution in [0.3, 0.4) is 0 Å². The Labute approximate surface area is 109 Å². The number of rotatable bonds is 9. The van der Waals surface area contributed by atoms with Crippen molar-refractivity contribution in [3.63, 3.8) is 0 Å². The van der Waals surface area contributed by atoms with Crippen molar-refractivity contribution in [2.45, 2.75) is 45.6 Å². The second-order valence-electron chi connectivity index (χ2n) is 4.63. The summed E-state index contributed by atoms with van der Waals surface area (Å²) in [5.74, 6) is 0.681. The molecule has 1 aromatic heterocycles. The highest BCUT2D eigenvalue weighted by molar-refractivity contribution is 5.75. The first-order valence-corrected chi connectivity index (χ1v) is 6.71. The molecule has 102 valence electrons. The summed E-state index contributed by atoms with van der Waals surface area (Å²) in [5.41, 5.74) is 6.50. The van der Waals surface area contributed by atoms with Crippen LogP contribution in [0.1, 0.15) is 44.7 Å². The summed E-state index contributed by atoms with van der Waals surface area (Å²) in [4.78, 5) is 11.7. The summed E-state index contributed by atoms with van der Waals surface area (Å²) in [6.45, 7) is 3.40. The number of H-pyrrole nitrogens is 1. The van der Waals surface area contributed by atoms with Crippen LogP contribution >= 0.6 is 0 Å². The minimum absolute atomic E-state index is 0.0997. The first-order valence-electron chi connectivity index (χ1n) is 6.71. The van der Waals surface area contributed by atoms with Crippen molar-refractivity contribution >= 4 is 5.91 Å². The summed E-state index contributed by atoms with van der Waals surface area (Å²) in [5, 5.41) is 9.53. The monoisotopic (exact) mass is 252 g/mol. The van der Waals surface area contributed by atoms with E-state index in [1.165, 1.54) is 0 Å². The van der Waals surface area contributed by atoms with Crippen molar-refractivity contribution in [1.82, 2.24) is 15.5 Å². The van der Waals surface area contributed by atoms with E-state index in [0.717, 1.165) is 31.4 Å². The second-order valence-corrected chi connectivity index (χ2v) is 4.63.